The van der Waals surface area contributed by atoms with Crippen molar-refractivity contribution in [3.63, 3.8) is 0 Å². The lowest BCUT2D eigenvalue weighted by molar-refractivity contribution is 0.244. The topological polar surface area (TPSA) is 9.23 Å². The highest BCUT2D eigenvalue weighted by Gasteiger charge is 2.17. The zero-order chi connectivity index (χ0) is 6.69. The third-order valence-corrected chi connectivity index (χ3v) is 2.07. The van der Waals surface area contributed by atoms with Crippen LogP contribution in [0.5, 0.6) is 0 Å². The van der Waals surface area contributed by atoms with Crippen LogP contribution in [0.15, 0.2) is 12.3 Å². The number of allylic oxidation sites excluding steroid dienone is 1. The molecule has 1 aliphatic carbocycles. The number of hydrogen-bond acceptors (Lipinski definition) is 1. The maximum Gasteiger partial charge on any atom is 0.0914 e. The van der Waals surface area contributed by atoms with Crippen molar-refractivity contribution in [2.75, 3.05) is 7.11 Å². The maximum atomic E-state index is 5.04. The zero-order valence-corrected chi connectivity index (χ0v) is 6.02. The standard InChI is InChI=1S/C8H14O/c1-7(9-2)8-5-3-4-6-8/h8H,1,3-6H2,2H3. The highest BCUT2D eigenvalue weighted by molar-refractivity contribution is 4.93. The number of methoxy groups -OCH3 is 1. The molecule has 1 rings (SSSR count). The van der Waals surface area contributed by atoms with E-state index in [9.17, 15) is 0 Å². The summed E-state index contributed by atoms with van der Waals surface area (Å²) in [5.74, 6) is 1.64. The van der Waals surface area contributed by atoms with Crippen LogP contribution in [0.1, 0.15) is 25.7 Å². The molecule has 0 aromatic rings. The number of rotatable bonds is 2. The van der Waals surface area contributed by atoms with Crippen LogP contribution < -0.4 is 0 Å². The van der Waals surface area contributed by atoms with E-state index in [0.29, 0.717) is 5.92 Å². The van der Waals surface area contributed by atoms with E-state index in [4.69, 9.17) is 4.74 Å². The first-order chi connectivity index (χ1) is 4.34. The molecule has 0 radical (unpaired) electrons. The molecule has 1 heteroatoms. The van der Waals surface area contributed by atoms with Crippen LogP contribution >= 0.6 is 0 Å². The molecule has 0 N–H and O–H groups in total. The Balaban J connectivity index is 2.32. The van der Waals surface area contributed by atoms with Crippen molar-refractivity contribution < 1.29 is 4.74 Å². The Bertz CT molecular complexity index is 101. The monoisotopic (exact) mass is 126 g/mol. The van der Waals surface area contributed by atoms with Crippen molar-refractivity contribution >= 4 is 0 Å². The lowest BCUT2D eigenvalue weighted by Crippen LogP contribution is -1.98. The lowest BCUT2D eigenvalue weighted by Gasteiger charge is -2.09. The van der Waals surface area contributed by atoms with Crippen LogP contribution in [-0.2, 0) is 4.74 Å². The van der Waals surface area contributed by atoms with Crippen LogP contribution in [0, 0.1) is 5.92 Å². The van der Waals surface area contributed by atoms with E-state index < -0.39 is 0 Å². The van der Waals surface area contributed by atoms with Crippen LogP contribution in [0.2, 0.25) is 0 Å². The van der Waals surface area contributed by atoms with Gasteiger partial charge in [0, 0.05) is 5.92 Å². The average Bonchev–Trinajstić information content (AvgIpc) is 2.37. The second-order valence-electron chi connectivity index (χ2n) is 2.65. The summed E-state index contributed by atoms with van der Waals surface area (Å²) < 4.78 is 5.04. The fourth-order valence-electron chi connectivity index (χ4n) is 1.41. The molecule has 0 atom stereocenters. The van der Waals surface area contributed by atoms with E-state index in [2.05, 4.69) is 6.58 Å². The zero-order valence-electron chi connectivity index (χ0n) is 6.02. The fourth-order valence-corrected chi connectivity index (χ4v) is 1.41. The van der Waals surface area contributed by atoms with Gasteiger partial charge < -0.3 is 4.74 Å². The Morgan fingerprint density at radius 3 is 2.44 bits per heavy atom. The average molecular weight is 126 g/mol. The van der Waals surface area contributed by atoms with Crippen molar-refractivity contribution in [2.24, 2.45) is 5.92 Å². The van der Waals surface area contributed by atoms with Crippen molar-refractivity contribution in [1.82, 2.24) is 0 Å². The van der Waals surface area contributed by atoms with E-state index in [0.717, 1.165) is 5.76 Å². The fraction of sp³-hybridized carbons (Fsp3) is 0.750. The summed E-state index contributed by atoms with van der Waals surface area (Å²) in [4.78, 5) is 0. The van der Waals surface area contributed by atoms with E-state index >= 15 is 0 Å². The molecule has 1 saturated carbocycles. The van der Waals surface area contributed by atoms with Crippen LogP contribution in [0.3, 0.4) is 0 Å². The minimum atomic E-state index is 0.662. The summed E-state index contributed by atoms with van der Waals surface area (Å²) in [7, 11) is 1.71. The minimum absolute atomic E-state index is 0.662. The molecule has 0 aromatic carbocycles. The van der Waals surface area contributed by atoms with Gasteiger partial charge in [-0.3, -0.25) is 0 Å². The number of ether oxygens (including phenoxy) is 1. The van der Waals surface area contributed by atoms with Crippen LogP contribution in [0.4, 0.5) is 0 Å². The molecule has 1 fully saturated rings. The van der Waals surface area contributed by atoms with Crippen LogP contribution in [-0.4, -0.2) is 7.11 Å². The van der Waals surface area contributed by atoms with Crippen molar-refractivity contribution in [3.8, 4) is 0 Å². The Morgan fingerprint density at radius 2 is 2.00 bits per heavy atom. The molecule has 0 bridgehead atoms. The van der Waals surface area contributed by atoms with Gasteiger partial charge in [-0.2, -0.15) is 0 Å². The molecule has 52 valence electrons. The van der Waals surface area contributed by atoms with Gasteiger partial charge in [-0.05, 0) is 12.8 Å². The van der Waals surface area contributed by atoms with E-state index in [1.807, 2.05) is 0 Å². The van der Waals surface area contributed by atoms with Gasteiger partial charge in [0.05, 0.1) is 12.9 Å². The van der Waals surface area contributed by atoms with Gasteiger partial charge in [-0.25, -0.2) is 0 Å². The van der Waals surface area contributed by atoms with Crippen molar-refractivity contribution in [1.29, 1.82) is 0 Å². The number of hydrogen-bond donors (Lipinski definition) is 0. The molecule has 0 saturated heterocycles. The molecule has 0 unspecified atom stereocenters. The second-order valence-corrected chi connectivity index (χ2v) is 2.65. The van der Waals surface area contributed by atoms with E-state index in [1.54, 1.807) is 7.11 Å². The van der Waals surface area contributed by atoms with Crippen molar-refractivity contribution in [3.05, 3.63) is 12.3 Å². The Hall–Kier alpha value is -0.460. The highest BCUT2D eigenvalue weighted by Crippen LogP contribution is 2.29. The van der Waals surface area contributed by atoms with E-state index in [1.165, 1.54) is 25.7 Å². The van der Waals surface area contributed by atoms with Crippen molar-refractivity contribution in [2.45, 2.75) is 25.7 Å². The molecule has 9 heavy (non-hydrogen) atoms. The van der Waals surface area contributed by atoms with E-state index in [-0.39, 0.29) is 0 Å². The van der Waals surface area contributed by atoms with Crippen LogP contribution in [0.25, 0.3) is 0 Å². The summed E-state index contributed by atoms with van der Waals surface area (Å²) in [6.07, 6.45) is 5.28. The Kier molecular flexibility index (Phi) is 2.15. The lowest BCUT2D eigenvalue weighted by atomic mass is 10.1. The molecule has 0 aliphatic heterocycles. The van der Waals surface area contributed by atoms with Gasteiger partial charge >= 0.3 is 0 Å². The van der Waals surface area contributed by atoms with Gasteiger partial charge in [0.1, 0.15) is 0 Å². The first-order valence-electron chi connectivity index (χ1n) is 3.57. The predicted molar refractivity (Wildman–Crippen MR) is 38.1 cm³/mol. The first kappa shape index (κ1) is 6.66. The third-order valence-electron chi connectivity index (χ3n) is 2.07. The van der Waals surface area contributed by atoms with Gasteiger partial charge in [0.2, 0.25) is 0 Å². The minimum Gasteiger partial charge on any atom is -0.501 e. The third kappa shape index (κ3) is 1.47. The molecule has 0 heterocycles. The summed E-state index contributed by atoms with van der Waals surface area (Å²) in [6.45, 7) is 3.83. The van der Waals surface area contributed by atoms with Gasteiger partial charge in [0.25, 0.3) is 0 Å². The molecule has 1 aliphatic rings. The second kappa shape index (κ2) is 2.90. The molecule has 0 spiro atoms. The molecule has 0 amide bonds. The molecule has 0 aromatic heterocycles. The first-order valence-corrected chi connectivity index (χ1v) is 3.57. The summed E-state index contributed by atoms with van der Waals surface area (Å²) in [6, 6.07) is 0. The largest absolute Gasteiger partial charge is 0.501 e. The SMILES string of the molecule is C=C(OC)C1CCCC1. The predicted octanol–water partition coefficient (Wildman–Crippen LogP) is 2.34. The summed E-state index contributed by atoms with van der Waals surface area (Å²) >= 11 is 0. The Morgan fingerprint density at radius 1 is 1.44 bits per heavy atom. The van der Waals surface area contributed by atoms with Gasteiger partial charge in [0.15, 0.2) is 0 Å². The molecule has 1 nitrogen and oxygen atoms in total. The highest BCUT2D eigenvalue weighted by atomic mass is 16.5. The van der Waals surface area contributed by atoms with Gasteiger partial charge in [-0.15, -0.1) is 0 Å². The Labute approximate surface area is 56.7 Å². The molecular weight excluding hydrogens is 112 g/mol. The summed E-state index contributed by atoms with van der Waals surface area (Å²) in [5.41, 5.74) is 0. The molecular formula is C8H14O. The smallest absolute Gasteiger partial charge is 0.0914 e. The maximum absolute atomic E-state index is 5.04. The quantitative estimate of drug-likeness (QED) is 0.516. The normalized spacial score (nSPS) is 20.1. The summed E-state index contributed by atoms with van der Waals surface area (Å²) in [5, 5.41) is 0. The van der Waals surface area contributed by atoms with Gasteiger partial charge in [-0.1, -0.05) is 19.4 Å².